The van der Waals surface area contributed by atoms with Crippen LogP contribution in [0.4, 0.5) is 0 Å². The van der Waals surface area contributed by atoms with E-state index in [1.165, 1.54) is 39.0 Å². The molecule has 0 unspecified atom stereocenters. The van der Waals surface area contributed by atoms with Crippen LogP contribution in [0, 0.1) is 0 Å². The predicted octanol–water partition coefficient (Wildman–Crippen LogP) is 0.247. The molecule has 0 aromatic rings. The summed E-state index contributed by atoms with van der Waals surface area (Å²) in [6, 6.07) is 0.635. The Balaban J connectivity index is 2.10. The quantitative estimate of drug-likeness (QED) is 0.624. The van der Waals surface area contributed by atoms with Crippen LogP contribution in [0.1, 0.15) is 12.8 Å². The van der Waals surface area contributed by atoms with Crippen molar-refractivity contribution in [2.45, 2.75) is 18.9 Å². The molecule has 1 aliphatic heterocycles. The van der Waals surface area contributed by atoms with Crippen molar-refractivity contribution in [3.05, 3.63) is 0 Å². The Morgan fingerprint density at radius 3 is 2.38 bits per heavy atom. The van der Waals surface area contributed by atoms with E-state index in [1.54, 1.807) is 0 Å². The van der Waals surface area contributed by atoms with Crippen molar-refractivity contribution in [2.75, 3.05) is 47.3 Å². The first kappa shape index (κ1) is 11.0. The van der Waals surface area contributed by atoms with Gasteiger partial charge in [-0.25, -0.2) is 5.32 Å². The first-order chi connectivity index (χ1) is 6.22. The average Bonchev–Trinajstić information content (AvgIpc) is 2.15. The molecular weight excluding hydrogens is 162 g/mol. The van der Waals surface area contributed by atoms with E-state index < -0.39 is 0 Å². The zero-order valence-electron chi connectivity index (χ0n) is 9.16. The Bertz CT molecular complexity index is 128. The largest absolute Gasteiger partial charge is 0.308 e. The SMILES string of the molecule is C[N]C1CCN(CCN(C)C)CC1. The van der Waals surface area contributed by atoms with E-state index in [-0.39, 0.29) is 0 Å². The third kappa shape index (κ3) is 4.07. The molecule has 1 rings (SSSR count). The molecule has 13 heavy (non-hydrogen) atoms. The highest BCUT2D eigenvalue weighted by molar-refractivity contribution is 4.75. The summed E-state index contributed by atoms with van der Waals surface area (Å²) in [6.45, 7) is 4.85. The van der Waals surface area contributed by atoms with Crippen LogP contribution in [0.3, 0.4) is 0 Å². The second kappa shape index (κ2) is 5.58. The van der Waals surface area contributed by atoms with Crippen molar-refractivity contribution in [3.8, 4) is 0 Å². The third-order valence-electron chi connectivity index (χ3n) is 2.79. The van der Waals surface area contributed by atoms with E-state index in [9.17, 15) is 0 Å². The Hall–Kier alpha value is -0.120. The van der Waals surface area contributed by atoms with Crippen LogP contribution in [-0.4, -0.2) is 63.2 Å². The minimum absolute atomic E-state index is 0.635. The van der Waals surface area contributed by atoms with Gasteiger partial charge in [0.25, 0.3) is 0 Å². The van der Waals surface area contributed by atoms with Crippen LogP contribution in [-0.2, 0) is 0 Å². The van der Waals surface area contributed by atoms with Gasteiger partial charge in [-0.05, 0) is 40.0 Å². The molecule has 0 saturated carbocycles. The number of nitrogens with zero attached hydrogens (tertiary/aromatic N) is 3. The normalized spacial score (nSPS) is 21.2. The Morgan fingerprint density at radius 2 is 1.92 bits per heavy atom. The van der Waals surface area contributed by atoms with E-state index in [1.807, 2.05) is 7.05 Å². The van der Waals surface area contributed by atoms with Crippen molar-refractivity contribution in [1.82, 2.24) is 15.1 Å². The summed E-state index contributed by atoms with van der Waals surface area (Å²) in [4.78, 5) is 4.79. The molecular formula is C10H22N3. The highest BCUT2D eigenvalue weighted by Crippen LogP contribution is 2.09. The first-order valence-corrected chi connectivity index (χ1v) is 5.18. The van der Waals surface area contributed by atoms with Crippen molar-refractivity contribution in [3.63, 3.8) is 0 Å². The summed E-state index contributed by atoms with van der Waals surface area (Å²) < 4.78 is 0. The second-order valence-corrected chi connectivity index (χ2v) is 4.13. The van der Waals surface area contributed by atoms with E-state index in [0.717, 1.165) is 0 Å². The summed E-state index contributed by atoms with van der Waals surface area (Å²) in [5.41, 5.74) is 0. The Kier molecular flexibility index (Phi) is 4.70. The molecule has 1 radical (unpaired) electrons. The molecule has 77 valence electrons. The number of hydrogen-bond acceptors (Lipinski definition) is 2. The number of hydrogen-bond donors (Lipinski definition) is 0. The lowest BCUT2D eigenvalue weighted by Gasteiger charge is -2.31. The van der Waals surface area contributed by atoms with E-state index in [0.29, 0.717) is 6.04 Å². The van der Waals surface area contributed by atoms with Crippen molar-refractivity contribution >= 4 is 0 Å². The molecule has 3 nitrogen and oxygen atoms in total. The molecule has 1 heterocycles. The number of rotatable bonds is 4. The van der Waals surface area contributed by atoms with Gasteiger partial charge >= 0.3 is 0 Å². The van der Waals surface area contributed by atoms with E-state index in [4.69, 9.17) is 0 Å². The van der Waals surface area contributed by atoms with Gasteiger partial charge in [0.1, 0.15) is 0 Å². The Morgan fingerprint density at radius 1 is 1.31 bits per heavy atom. The third-order valence-corrected chi connectivity index (χ3v) is 2.79. The Labute approximate surface area is 82.1 Å². The smallest absolute Gasteiger partial charge is 0.0267 e. The number of likely N-dealkylation sites (N-methyl/N-ethyl adjacent to an activating group) is 1. The molecule has 0 aromatic heterocycles. The standard InChI is InChI=1S/C10H22N3/c1-11-10-4-6-13(7-5-10)9-8-12(2)3/h10H,4-9H2,1-3H3. The maximum Gasteiger partial charge on any atom is 0.0267 e. The fourth-order valence-corrected chi connectivity index (χ4v) is 1.74. The van der Waals surface area contributed by atoms with Crippen LogP contribution in [0.15, 0.2) is 0 Å². The molecule has 0 amide bonds. The summed E-state index contributed by atoms with van der Waals surface area (Å²) in [6.07, 6.45) is 2.51. The van der Waals surface area contributed by atoms with E-state index in [2.05, 4.69) is 29.2 Å². The lowest BCUT2D eigenvalue weighted by Crippen LogP contribution is -2.41. The maximum absolute atomic E-state index is 4.34. The van der Waals surface area contributed by atoms with Gasteiger partial charge in [0.05, 0.1) is 0 Å². The molecule has 0 atom stereocenters. The van der Waals surface area contributed by atoms with Crippen LogP contribution < -0.4 is 5.32 Å². The number of likely N-dealkylation sites (tertiary alicyclic amines) is 1. The molecule has 0 bridgehead atoms. The van der Waals surface area contributed by atoms with Gasteiger partial charge in [-0.3, -0.25) is 0 Å². The summed E-state index contributed by atoms with van der Waals surface area (Å²) in [5.74, 6) is 0. The summed E-state index contributed by atoms with van der Waals surface area (Å²) in [7, 11) is 6.21. The van der Waals surface area contributed by atoms with Crippen LogP contribution in [0.25, 0.3) is 0 Å². The van der Waals surface area contributed by atoms with Gasteiger partial charge in [-0.2, -0.15) is 0 Å². The molecule has 3 heteroatoms. The number of piperidine rings is 1. The lowest BCUT2D eigenvalue weighted by molar-refractivity contribution is 0.184. The van der Waals surface area contributed by atoms with Crippen molar-refractivity contribution in [2.24, 2.45) is 0 Å². The van der Waals surface area contributed by atoms with Gasteiger partial charge in [0.2, 0.25) is 0 Å². The lowest BCUT2D eigenvalue weighted by atomic mass is 10.1. The summed E-state index contributed by atoms with van der Waals surface area (Å²) >= 11 is 0. The topological polar surface area (TPSA) is 20.6 Å². The van der Waals surface area contributed by atoms with Gasteiger partial charge < -0.3 is 9.80 Å². The van der Waals surface area contributed by atoms with Gasteiger partial charge in [-0.1, -0.05) is 0 Å². The monoisotopic (exact) mass is 184 g/mol. The summed E-state index contributed by atoms with van der Waals surface area (Å²) in [5, 5.41) is 4.34. The molecule has 0 N–H and O–H groups in total. The highest BCUT2D eigenvalue weighted by Gasteiger charge is 2.17. The van der Waals surface area contributed by atoms with Crippen molar-refractivity contribution < 1.29 is 0 Å². The van der Waals surface area contributed by atoms with Crippen LogP contribution in [0.2, 0.25) is 0 Å². The van der Waals surface area contributed by atoms with Crippen molar-refractivity contribution in [1.29, 1.82) is 0 Å². The molecule has 1 saturated heterocycles. The minimum Gasteiger partial charge on any atom is -0.308 e. The molecule has 0 aliphatic carbocycles. The minimum atomic E-state index is 0.635. The fraction of sp³-hybridized carbons (Fsp3) is 1.00. The molecule has 0 spiro atoms. The molecule has 1 fully saturated rings. The molecule has 1 aliphatic rings. The highest BCUT2D eigenvalue weighted by atomic mass is 15.2. The maximum atomic E-state index is 4.34. The second-order valence-electron chi connectivity index (χ2n) is 4.13. The van der Waals surface area contributed by atoms with Crippen LogP contribution in [0.5, 0.6) is 0 Å². The molecule has 0 aromatic carbocycles. The van der Waals surface area contributed by atoms with Gasteiger partial charge in [-0.15, -0.1) is 0 Å². The van der Waals surface area contributed by atoms with Crippen LogP contribution >= 0.6 is 0 Å². The zero-order chi connectivity index (χ0) is 9.68. The zero-order valence-corrected chi connectivity index (χ0v) is 9.16. The fourth-order valence-electron chi connectivity index (χ4n) is 1.74. The van der Waals surface area contributed by atoms with Gasteiger partial charge in [0.15, 0.2) is 0 Å². The van der Waals surface area contributed by atoms with Gasteiger partial charge in [0, 0.05) is 26.2 Å². The first-order valence-electron chi connectivity index (χ1n) is 5.18. The predicted molar refractivity (Wildman–Crippen MR) is 56.1 cm³/mol. The average molecular weight is 184 g/mol. The van der Waals surface area contributed by atoms with E-state index >= 15 is 0 Å².